The predicted molar refractivity (Wildman–Crippen MR) is 91.6 cm³/mol. The van der Waals surface area contributed by atoms with Crippen LogP contribution in [0.25, 0.3) is 0 Å². The Labute approximate surface area is 137 Å². The molecular formula is C17H27BrN2O. The molecule has 0 spiro atoms. The third kappa shape index (κ3) is 5.37. The van der Waals surface area contributed by atoms with Crippen molar-refractivity contribution in [3.05, 3.63) is 34.3 Å². The lowest BCUT2D eigenvalue weighted by Gasteiger charge is -2.26. The second kappa shape index (κ2) is 8.89. The molecule has 1 saturated heterocycles. The summed E-state index contributed by atoms with van der Waals surface area (Å²) in [4.78, 5) is 2.51. The highest BCUT2D eigenvalue weighted by molar-refractivity contribution is 9.10. The van der Waals surface area contributed by atoms with Crippen molar-refractivity contribution < 1.29 is 4.74 Å². The summed E-state index contributed by atoms with van der Waals surface area (Å²) in [5.74, 6) is 0. The number of likely N-dealkylation sites (N-methyl/N-ethyl adjacent to an activating group) is 1. The summed E-state index contributed by atoms with van der Waals surface area (Å²) >= 11 is 3.56. The van der Waals surface area contributed by atoms with Gasteiger partial charge in [0.2, 0.25) is 0 Å². The molecule has 1 fully saturated rings. The van der Waals surface area contributed by atoms with E-state index in [0.717, 1.165) is 37.1 Å². The maximum absolute atomic E-state index is 5.76. The van der Waals surface area contributed by atoms with Crippen LogP contribution < -0.4 is 5.32 Å². The molecule has 3 nitrogen and oxygen atoms in total. The van der Waals surface area contributed by atoms with E-state index in [1.165, 1.54) is 18.4 Å². The Hall–Kier alpha value is -0.420. The van der Waals surface area contributed by atoms with Gasteiger partial charge in [0.25, 0.3) is 0 Å². The highest BCUT2D eigenvalue weighted by Gasteiger charge is 2.19. The molecular weight excluding hydrogens is 328 g/mol. The van der Waals surface area contributed by atoms with E-state index >= 15 is 0 Å². The molecule has 0 aliphatic carbocycles. The van der Waals surface area contributed by atoms with E-state index in [2.05, 4.69) is 57.3 Å². The Kier molecular flexibility index (Phi) is 7.17. The van der Waals surface area contributed by atoms with Crippen LogP contribution in [-0.4, -0.2) is 44.3 Å². The first-order chi connectivity index (χ1) is 10.2. The third-order valence-corrected chi connectivity index (χ3v) is 4.76. The van der Waals surface area contributed by atoms with E-state index in [-0.39, 0.29) is 0 Å². The van der Waals surface area contributed by atoms with Crippen LogP contribution in [0.2, 0.25) is 0 Å². The van der Waals surface area contributed by atoms with Crippen molar-refractivity contribution in [2.24, 2.45) is 0 Å². The average molecular weight is 355 g/mol. The number of benzene rings is 1. The van der Waals surface area contributed by atoms with Crippen molar-refractivity contribution in [1.82, 2.24) is 10.2 Å². The second-order valence-corrected chi connectivity index (χ2v) is 6.63. The number of halogens is 1. The Balaban J connectivity index is 1.85. The Morgan fingerprint density at radius 1 is 1.48 bits per heavy atom. The summed E-state index contributed by atoms with van der Waals surface area (Å²) in [5, 5.41) is 3.44. The van der Waals surface area contributed by atoms with Crippen LogP contribution in [0.15, 0.2) is 28.7 Å². The lowest BCUT2D eigenvalue weighted by molar-refractivity contribution is 0.0735. The van der Waals surface area contributed by atoms with Crippen LogP contribution in [0.5, 0.6) is 0 Å². The Bertz CT molecular complexity index is 421. The minimum atomic E-state index is 0.404. The molecule has 2 unspecified atom stereocenters. The van der Waals surface area contributed by atoms with Gasteiger partial charge in [0.1, 0.15) is 0 Å². The Morgan fingerprint density at radius 2 is 2.33 bits per heavy atom. The van der Waals surface area contributed by atoms with Gasteiger partial charge >= 0.3 is 0 Å². The Morgan fingerprint density at radius 3 is 2.95 bits per heavy atom. The lowest BCUT2D eigenvalue weighted by atomic mass is 10.0. The summed E-state index contributed by atoms with van der Waals surface area (Å²) in [7, 11) is 2.04. The van der Waals surface area contributed by atoms with Crippen molar-refractivity contribution in [1.29, 1.82) is 0 Å². The second-order valence-electron chi connectivity index (χ2n) is 5.71. The van der Waals surface area contributed by atoms with Gasteiger partial charge in [-0.1, -0.05) is 35.0 Å². The lowest BCUT2D eigenvalue weighted by Crippen LogP contribution is -2.34. The number of ether oxygens (including phenoxy) is 1. The van der Waals surface area contributed by atoms with Crippen molar-refractivity contribution in [3.63, 3.8) is 0 Å². The zero-order valence-corrected chi connectivity index (χ0v) is 14.7. The number of nitrogens with zero attached hydrogens (tertiary/aromatic N) is 1. The number of hydrogen-bond acceptors (Lipinski definition) is 3. The first-order valence-electron chi connectivity index (χ1n) is 7.99. The van der Waals surface area contributed by atoms with Crippen LogP contribution in [0.1, 0.15) is 37.8 Å². The fourth-order valence-electron chi connectivity index (χ4n) is 2.97. The summed E-state index contributed by atoms with van der Waals surface area (Å²) in [5.41, 5.74) is 1.35. The molecule has 1 aromatic carbocycles. The van der Waals surface area contributed by atoms with Gasteiger partial charge in [-0.25, -0.2) is 0 Å². The number of rotatable bonds is 8. The first kappa shape index (κ1) is 16.9. The van der Waals surface area contributed by atoms with Crippen molar-refractivity contribution in [2.45, 2.75) is 38.3 Å². The minimum absolute atomic E-state index is 0.404. The van der Waals surface area contributed by atoms with E-state index in [0.29, 0.717) is 12.1 Å². The standard InChI is InChI=1S/C17H27BrN2O/c1-3-20(13-16-8-5-11-21-16)10-9-17(19-2)14-6-4-7-15(18)12-14/h4,6-7,12,16-17,19H,3,5,8-11,13H2,1-2H3. The summed E-state index contributed by atoms with van der Waals surface area (Å²) in [6.45, 7) is 6.45. The molecule has 1 aliphatic rings. The zero-order valence-electron chi connectivity index (χ0n) is 13.1. The zero-order chi connectivity index (χ0) is 15.1. The fourth-order valence-corrected chi connectivity index (χ4v) is 3.38. The summed E-state index contributed by atoms with van der Waals surface area (Å²) < 4.78 is 6.90. The molecule has 0 amide bonds. The van der Waals surface area contributed by atoms with E-state index in [1.54, 1.807) is 0 Å². The van der Waals surface area contributed by atoms with Gasteiger partial charge in [-0.05, 0) is 50.6 Å². The summed E-state index contributed by atoms with van der Waals surface area (Å²) in [6.07, 6.45) is 4.01. The molecule has 2 rings (SSSR count). The molecule has 1 aromatic rings. The topological polar surface area (TPSA) is 24.5 Å². The molecule has 118 valence electrons. The SMILES string of the molecule is CCN(CCC(NC)c1cccc(Br)c1)CC1CCCO1. The van der Waals surface area contributed by atoms with E-state index in [9.17, 15) is 0 Å². The van der Waals surface area contributed by atoms with Gasteiger partial charge < -0.3 is 15.0 Å². The van der Waals surface area contributed by atoms with Gasteiger partial charge in [0.05, 0.1) is 6.10 Å². The molecule has 21 heavy (non-hydrogen) atoms. The van der Waals surface area contributed by atoms with Crippen LogP contribution in [0.3, 0.4) is 0 Å². The van der Waals surface area contributed by atoms with E-state index in [1.807, 2.05) is 7.05 Å². The van der Waals surface area contributed by atoms with Crippen LogP contribution in [0, 0.1) is 0 Å². The van der Waals surface area contributed by atoms with Gasteiger partial charge in [0, 0.05) is 30.2 Å². The maximum atomic E-state index is 5.76. The third-order valence-electron chi connectivity index (χ3n) is 4.27. The largest absolute Gasteiger partial charge is 0.377 e. The smallest absolute Gasteiger partial charge is 0.0702 e. The molecule has 0 aromatic heterocycles. The fraction of sp³-hybridized carbons (Fsp3) is 0.647. The van der Waals surface area contributed by atoms with Crippen LogP contribution in [0.4, 0.5) is 0 Å². The van der Waals surface area contributed by atoms with Crippen molar-refractivity contribution in [3.8, 4) is 0 Å². The van der Waals surface area contributed by atoms with Gasteiger partial charge in [-0.15, -0.1) is 0 Å². The van der Waals surface area contributed by atoms with Gasteiger partial charge in [-0.3, -0.25) is 0 Å². The van der Waals surface area contributed by atoms with Gasteiger partial charge in [0.15, 0.2) is 0 Å². The molecule has 1 aliphatic heterocycles. The molecule has 2 atom stereocenters. The normalized spacial score (nSPS) is 20.1. The molecule has 0 bridgehead atoms. The first-order valence-corrected chi connectivity index (χ1v) is 8.79. The van der Waals surface area contributed by atoms with E-state index < -0.39 is 0 Å². The number of nitrogens with one attached hydrogen (secondary N) is 1. The van der Waals surface area contributed by atoms with Crippen LogP contribution >= 0.6 is 15.9 Å². The molecule has 1 heterocycles. The van der Waals surface area contributed by atoms with Crippen LogP contribution in [-0.2, 0) is 4.74 Å². The molecule has 4 heteroatoms. The quantitative estimate of drug-likeness (QED) is 0.771. The van der Waals surface area contributed by atoms with Crippen molar-refractivity contribution in [2.75, 3.05) is 33.3 Å². The maximum Gasteiger partial charge on any atom is 0.0702 e. The van der Waals surface area contributed by atoms with Gasteiger partial charge in [-0.2, -0.15) is 0 Å². The monoisotopic (exact) mass is 354 g/mol. The average Bonchev–Trinajstić information content (AvgIpc) is 2.99. The molecule has 1 N–H and O–H groups in total. The highest BCUT2D eigenvalue weighted by Crippen LogP contribution is 2.21. The molecule has 0 radical (unpaired) electrons. The van der Waals surface area contributed by atoms with E-state index in [4.69, 9.17) is 4.74 Å². The molecule has 0 saturated carbocycles. The van der Waals surface area contributed by atoms with Crippen molar-refractivity contribution >= 4 is 15.9 Å². The summed E-state index contributed by atoms with van der Waals surface area (Å²) in [6, 6.07) is 8.99. The highest BCUT2D eigenvalue weighted by atomic mass is 79.9. The minimum Gasteiger partial charge on any atom is -0.377 e. The predicted octanol–water partition coefficient (Wildman–Crippen LogP) is 3.60. The number of hydrogen-bond donors (Lipinski definition) is 1.